The first-order chi connectivity index (χ1) is 10.0. The van der Waals surface area contributed by atoms with Crippen molar-refractivity contribution in [1.82, 2.24) is 10.3 Å². The number of benzene rings is 1. The van der Waals surface area contributed by atoms with Crippen molar-refractivity contribution >= 4 is 23.2 Å². The van der Waals surface area contributed by atoms with Crippen LogP contribution in [0.2, 0.25) is 5.02 Å². The van der Waals surface area contributed by atoms with Crippen LogP contribution in [-0.4, -0.2) is 43.0 Å². The molecule has 1 aliphatic rings. The third-order valence-electron chi connectivity index (χ3n) is 3.92. The van der Waals surface area contributed by atoms with Crippen molar-refractivity contribution in [1.29, 1.82) is 0 Å². The van der Waals surface area contributed by atoms with E-state index in [1.807, 2.05) is 32.0 Å². The van der Waals surface area contributed by atoms with Crippen LogP contribution in [0.25, 0.3) is 0 Å². The van der Waals surface area contributed by atoms with Crippen molar-refractivity contribution in [3.63, 3.8) is 0 Å². The van der Waals surface area contributed by atoms with Crippen LogP contribution in [0.5, 0.6) is 0 Å². The molecule has 3 N–H and O–H groups in total. The van der Waals surface area contributed by atoms with Crippen LogP contribution in [0.15, 0.2) is 24.3 Å². The van der Waals surface area contributed by atoms with Crippen LogP contribution in [0, 0.1) is 5.92 Å². The molecule has 21 heavy (non-hydrogen) atoms. The molecule has 5 nitrogen and oxygen atoms in total. The number of hydrazine groups is 1. The van der Waals surface area contributed by atoms with Gasteiger partial charge in [-0.05, 0) is 24.1 Å². The molecule has 1 saturated heterocycles. The van der Waals surface area contributed by atoms with E-state index in [2.05, 4.69) is 21.3 Å². The summed E-state index contributed by atoms with van der Waals surface area (Å²) in [5.41, 5.74) is 3.41. The molecule has 0 saturated carbocycles. The second kappa shape index (κ2) is 7.11. The lowest BCUT2D eigenvalue weighted by Gasteiger charge is -2.40. The summed E-state index contributed by atoms with van der Waals surface area (Å²) in [5, 5.41) is 0.748. The minimum absolute atomic E-state index is 0.110. The molecule has 0 radical (unpaired) electrons. The zero-order chi connectivity index (χ0) is 15.4. The van der Waals surface area contributed by atoms with Crippen molar-refractivity contribution < 1.29 is 4.79 Å². The molecule has 6 heteroatoms. The molecule has 1 aromatic carbocycles. The minimum atomic E-state index is -0.170. The number of carbonyl (C=O) groups is 1. The molecular formula is C15H23ClN4O. The molecule has 1 atom stereocenters. The van der Waals surface area contributed by atoms with E-state index >= 15 is 0 Å². The Labute approximate surface area is 131 Å². The van der Waals surface area contributed by atoms with Gasteiger partial charge in [-0.25, -0.2) is 5.84 Å². The van der Waals surface area contributed by atoms with Crippen LogP contribution in [-0.2, 0) is 4.79 Å². The normalized spacial score (nSPS) is 17.9. The van der Waals surface area contributed by atoms with Crippen LogP contribution in [0.4, 0.5) is 5.69 Å². The average molecular weight is 311 g/mol. The molecule has 1 aliphatic heterocycles. The standard InChI is InChI=1S/C15H23ClN4O/c1-11(2)14(15(21)18-17)20-8-6-19(7-9-20)13-5-3-4-12(16)10-13/h3-5,10-11,14H,6-9,17H2,1-2H3,(H,18,21). The monoisotopic (exact) mass is 310 g/mol. The maximum absolute atomic E-state index is 11.9. The van der Waals surface area contributed by atoms with E-state index in [4.69, 9.17) is 17.4 Å². The Bertz CT molecular complexity index is 486. The Morgan fingerprint density at radius 2 is 1.95 bits per heavy atom. The molecule has 0 aliphatic carbocycles. The van der Waals surface area contributed by atoms with Crippen LogP contribution >= 0.6 is 11.6 Å². The summed E-state index contributed by atoms with van der Waals surface area (Å²) in [5.74, 6) is 5.42. The predicted molar refractivity (Wildman–Crippen MR) is 86.2 cm³/mol. The summed E-state index contributed by atoms with van der Waals surface area (Å²) in [6.45, 7) is 7.51. The maximum Gasteiger partial charge on any atom is 0.251 e. The van der Waals surface area contributed by atoms with Crippen molar-refractivity contribution in [2.75, 3.05) is 31.1 Å². The highest BCUT2D eigenvalue weighted by molar-refractivity contribution is 6.30. The van der Waals surface area contributed by atoms with Gasteiger partial charge in [0.05, 0.1) is 6.04 Å². The molecule has 0 spiro atoms. The average Bonchev–Trinajstić information content (AvgIpc) is 2.47. The SMILES string of the molecule is CC(C)C(C(=O)NN)N1CCN(c2cccc(Cl)c2)CC1. The summed E-state index contributed by atoms with van der Waals surface area (Å²) >= 11 is 6.04. The number of piperazine rings is 1. The highest BCUT2D eigenvalue weighted by Crippen LogP contribution is 2.22. The zero-order valence-corrected chi connectivity index (χ0v) is 13.3. The molecule has 1 fully saturated rings. The molecule has 0 bridgehead atoms. The van der Waals surface area contributed by atoms with E-state index in [1.165, 1.54) is 0 Å². The lowest BCUT2D eigenvalue weighted by molar-refractivity contribution is -0.128. The first-order valence-electron chi connectivity index (χ1n) is 7.28. The van der Waals surface area contributed by atoms with Gasteiger partial charge in [-0.3, -0.25) is 15.1 Å². The number of hydrogen-bond acceptors (Lipinski definition) is 4. The van der Waals surface area contributed by atoms with Gasteiger partial charge in [-0.1, -0.05) is 31.5 Å². The van der Waals surface area contributed by atoms with E-state index in [9.17, 15) is 4.79 Å². The highest BCUT2D eigenvalue weighted by atomic mass is 35.5. The van der Waals surface area contributed by atoms with Gasteiger partial charge < -0.3 is 4.90 Å². The third kappa shape index (κ3) is 3.87. The molecule has 1 aromatic rings. The smallest absolute Gasteiger partial charge is 0.251 e. The number of nitrogens with one attached hydrogen (secondary N) is 1. The third-order valence-corrected chi connectivity index (χ3v) is 4.16. The van der Waals surface area contributed by atoms with E-state index < -0.39 is 0 Å². The van der Waals surface area contributed by atoms with E-state index in [1.54, 1.807) is 0 Å². The Morgan fingerprint density at radius 1 is 1.29 bits per heavy atom. The number of rotatable bonds is 4. The van der Waals surface area contributed by atoms with Crippen molar-refractivity contribution in [2.45, 2.75) is 19.9 Å². The van der Waals surface area contributed by atoms with Crippen molar-refractivity contribution in [3.05, 3.63) is 29.3 Å². The van der Waals surface area contributed by atoms with Gasteiger partial charge >= 0.3 is 0 Å². The van der Waals surface area contributed by atoms with Gasteiger partial charge in [0.15, 0.2) is 0 Å². The fourth-order valence-corrected chi connectivity index (χ4v) is 3.09. The van der Waals surface area contributed by atoms with Gasteiger partial charge in [0.2, 0.25) is 0 Å². The number of halogens is 1. The minimum Gasteiger partial charge on any atom is -0.369 e. The largest absolute Gasteiger partial charge is 0.369 e. The van der Waals surface area contributed by atoms with Crippen LogP contribution in [0.3, 0.4) is 0 Å². The molecule has 1 heterocycles. The van der Waals surface area contributed by atoms with Crippen LogP contribution < -0.4 is 16.2 Å². The van der Waals surface area contributed by atoms with E-state index in [-0.39, 0.29) is 17.9 Å². The Balaban J connectivity index is 2.00. The zero-order valence-electron chi connectivity index (χ0n) is 12.6. The molecular weight excluding hydrogens is 288 g/mol. The molecule has 0 aromatic heterocycles. The lowest BCUT2D eigenvalue weighted by Crippen LogP contribution is -2.57. The van der Waals surface area contributed by atoms with Crippen LogP contribution in [0.1, 0.15) is 13.8 Å². The van der Waals surface area contributed by atoms with Gasteiger partial charge in [0, 0.05) is 36.9 Å². The molecule has 2 rings (SSSR count). The second-order valence-electron chi connectivity index (χ2n) is 5.70. The predicted octanol–water partition coefficient (Wildman–Crippen LogP) is 1.48. The summed E-state index contributed by atoms with van der Waals surface area (Å²) in [7, 11) is 0. The van der Waals surface area contributed by atoms with E-state index in [0.29, 0.717) is 0 Å². The lowest BCUT2D eigenvalue weighted by atomic mass is 10.0. The number of hydrogen-bond donors (Lipinski definition) is 2. The quantitative estimate of drug-likeness (QED) is 0.502. The first-order valence-corrected chi connectivity index (χ1v) is 7.65. The summed E-state index contributed by atoms with van der Waals surface area (Å²) in [4.78, 5) is 16.4. The van der Waals surface area contributed by atoms with Gasteiger partial charge in [0.25, 0.3) is 5.91 Å². The molecule has 116 valence electrons. The van der Waals surface area contributed by atoms with Gasteiger partial charge in [-0.2, -0.15) is 0 Å². The Kier molecular flexibility index (Phi) is 5.45. The second-order valence-corrected chi connectivity index (χ2v) is 6.14. The fourth-order valence-electron chi connectivity index (χ4n) is 2.91. The number of anilines is 1. The van der Waals surface area contributed by atoms with Crippen molar-refractivity contribution in [2.24, 2.45) is 11.8 Å². The summed E-state index contributed by atoms with van der Waals surface area (Å²) < 4.78 is 0. The number of carbonyl (C=O) groups excluding carboxylic acids is 1. The molecule has 1 amide bonds. The summed E-state index contributed by atoms with van der Waals surface area (Å²) in [6, 6.07) is 7.71. The first kappa shape index (κ1) is 16.1. The number of amides is 1. The van der Waals surface area contributed by atoms with Crippen molar-refractivity contribution in [3.8, 4) is 0 Å². The Morgan fingerprint density at radius 3 is 2.48 bits per heavy atom. The summed E-state index contributed by atoms with van der Waals surface area (Å²) in [6.07, 6.45) is 0. The molecule has 1 unspecified atom stereocenters. The van der Waals surface area contributed by atoms with Gasteiger partial charge in [-0.15, -0.1) is 0 Å². The fraction of sp³-hybridized carbons (Fsp3) is 0.533. The van der Waals surface area contributed by atoms with Gasteiger partial charge in [0.1, 0.15) is 0 Å². The number of nitrogens with two attached hydrogens (primary N) is 1. The topological polar surface area (TPSA) is 61.6 Å². The highest BCUT2D eigenvalue weighted by Gasteiger charge is 2.31. The maximum atomic E-state index is 11.9. The Hall–Kier alpha value is -1.30. The number of nitrogens with zero attached hydrogens (tertiary/aromatic N) is 2. The van der Waals surface area contributed by atoms with E-state index in [0.717, 1.165) is 36.9 Å².